The zero-order valence-electron chi connectivity index (χ0n) is 47.9. The highest BCUT2D eigenvalue weighted by Crippen LogP contribution is 2.43. The largest absolute Gasteiger partial charge is 0.310 e. The number of nitrogens with zero attached hydrogens (tertiary/aromatic N) is 3. The van der Waals surface area contributed by atoms with Crippen LogP contribution < -0.4 is 46.4 Å². The molecule has 0 spiro atoms. The van der Waals surface area contributed by atoms with Gasteiger partial charge in [0.2, 0.25) is 0 Å². The van der Waals surface area contributed by atoms with Crippen LogP contribution in [0, 0.1) is 19.7 Å². The molecule has 0 radical (unpaired) electrons. The summed E-state index contributed by atoms with van der Waals surface area (Å²) in [7, 11) is -5.86. The molecule has 410 valence electrons. The predicted molar refractivity (Wildman–Crippen MR) is 366 cm³/mol. The molecule has 2 heterocycles. The molecule has 13 aromatic carbocycles. The van der Waals surface area contributed by atoms with Gasteiger partial charge in [0.1, 0.15) is 5.82 Å². The van der Waals surface area contributed by atoms with E-state index in [1.165, 1.54) is 52.6 Å². The van der Waals surface area contributed by atoms with Crippen LogP contribution in [0.25, 0.3) is 55.0 Å². The van der Waals surface area contributed by atoms with Crippen LogP contribution in [-0.2, 0) is 0 Å². The summed E-state index contributed by atoms with van der Waals surface area (Å²) in [5, 5.41) is 15.1. The second-order valence-electron chi connectivity index (χ2n) is 22.7. The van der Waals surface area contributed by atoms with Gasteiger partial charge in [-0.05, 0) is 152 Å². The Morgan fingerprint density at radius 2 is 0.523 bits per heavy atom. The van der Waals surface area contributed by atoms with Crippen LogP contribution in [-0.4, -0.2) is 25.3 Å². The minimum absolute atomic E-state index is 0.284. The van der Waals surface area contributed by atoms with Crippen molar-refractivity contribution in [2.45, 2.75) is 13.8 Å². The molecule has 15 rings (SSSR count). The fourth-order valence-corrected chi connectivity index (χ4v) is 23.4. The summed E-state index contributed by atoms with van der Waals surface area (Å²) in [5.74, 6) is -0.284. The van der Waals surface area contributed by atoms with Gasteiger partial charge in [0.25, 0.3) is 0 Å². The minimum atomic E-state index is -2.93. The Balaban J connectivity index is 0.997. The first-order valence-electron chi connectivity index (χ1n) is 29.6. The van der Waals surface area contributed by atoms with E-state index in [9.17, 15) is 0 Å². The standard InChI is InChI=1S/C80H60FN3Si2/c1-57-33-39-61(40-34-57)83-77-49-45-63(53-73(77)75-55-71(47-51-79(75)83)85(65-21-9-3-10-22-65,66-23-11-4-12-24-66)67-25-13-5-14-26-67)82(60-43-37-59(81)38-44-60)64-46-50-78-74(54-64)76-56-72(48-52-80(76)84(78)62-41-35-58(2)36-42-62)86(68-27-15-6-16-28-68,69-29-17-7-18-30-69)70-31-19-8-20-32-70/h3-56H,1-2H3. The second kappa shape index (κ2) is 21.7. The van der Waals surface area contributed by atoms with E-state index in [1.54, 1.807) is 12.1 Å². The zero-order valence-corrected chi connectivity index (χ0v) is 49.9. The van der Waals surface area contributed by atoms with Crippen molar-refractivity contribution in [1.29, 1.82) is 0 Å². The number of hydrogen-bond donors (Lipinski definition) is 0. The lowest BCUT2D eigenvalue weighted by Gasteiger charge is -2.34. The second-order valence-corrected chi connectivity index (χ2v) is 30.3. The van der Waals surface area contributed by atoms with Crippen LogP contribution in [0.3, 0.4) is 0 Å². The van der Waals surface area contributed by atoms with Gasteiger partial charge in [0, 0.05) is 50.0 Å². The molecule has 6 heteroatoms. The number of hydrogen-bond acceptors (Lipinski definition) is 1. The van der Waals surface area contributed by atoms with Crippen molar-refractivity contribution < 1.29 is 4.39 Å². The van der Waals surface area contributed by atoms with Gasteiger partial charge in [-0.1, -0.05) is 242 Å². The Bertz CT molecular complexity index is 4430. The first-order chi connectivity index (χ1) is 42.4. The number of aromatic nitrogens is 2. The lowest BCUT2D eigenvalue weighted by atomic mass is 10.1. The van der Waals surface area contributed by atoms with Crippen molar-refractivity contribution in [3.63, 3.8) is 0 Å². The zero-order chi connectivity index (χ0) is 57.8. The molecule has 2 aromatic heterocycles. The highest BCUT2D eigenvalue weighted by atomic mass is 28.3. The lowest BCUT2D eigenvalue weighted by Crippen LogP contribution is -2.74. The number of anilines is 3. The Labute approximate surface area is 503 Å². The van der Waals surface area contributed by atoms with Crippen LogP contribution in [0.4, 0.5) is 21.5 Å². The van der Waals surface area contributed by atoms with Crippen LogP contribution in [0.1, 0.15) is 11.1 Å². The normalized spacial score (nSPS) is 11.9. The van der Waals surface area contributed by atoms with Gasteiger partial charge in [-0.25, -0.2) is 4.39 Å². The van der Waals surface area contributed by atoms with E-state index in [4.69, 9.17) is 0 Å². The van der Waals surface area contributed by atoms with E-state index in [0.29, 0.717) is 0 Å². The van der Waals surface area contributed by atoms with Gasteiger partial charge in [0.15, 0.2) is 16.1 Å². The molecule has 0 aliphatic heterocycles. The first-order valence-corrected chi connectivity index (χ1v) is 33.6. The molecule has 0 saturated heterocycles. The number of rotatable bonds is 13. The smallest absolute Gasteiger partial charge is 0.179 e. The molecule has 0 atom stereocenters. The molecule has 0 unspecified atom stereocenters. The minimum Gasteiger partial charge on any atom is -0.310 e. The van der Waals surface area contributed by atoms with Crippen molar-refractivity contribution in [3.8, 4) is 11.4 Å². The Morgan fingerprint density at radius 3 is 0.826 bits per heavy atom. The Morgan fingerprint density at radius 1 is 0.256 bits per heavy atom. The summed E-state index contributed by atoms with van der Waals surface area (Å²) in [4.78, 5) is 2.31. The summed E-state index contributed by atoms with van der Waals surface area (Å²) in [6.07, 6.45) is 0. The van der Waals surface area contributed by atoms with Gasteiger partial charge >= 0.3 is 0 Å². The molecule has 15 aromatic rings. The van der Waals surface area contributed by atoms with Crippen molar-refractivity contribution in [1.82, 2.24) is 9.13 Å². The third-order valence-corrected chi connectivity index (χ3v) is 27.3. The van der Waals surface area contributed by atoms with Gasteiger partial charge in [-0.2, -0.15) is 0 Å². The monoisotopic (exact) mass is 1140 g/mol. The molecule has 0 bridgehead atoms. The van der Waals surface area contributed by atoms with E-state index >= 15 is 4.39 Å². The number of benzene rings is 13. The molecule has 0 fully saturated rings. The molecule has 0 amide bonds. The maximum Gasteiger partial charge on any atom is 0.179 e. The number of fused-ring (bicyclic) bond motifs is 6. The van der Waals surface area contributed by atoms with Gasteiger partial charge < -0.3 is 14.0 Å². The molecule has 0 N–H and O–H groups in total. The van der Waals surface area contributed by atoms with E-state index < -0.39 is 16.1 Å². The third kappa shape index (κ3) is 8.67. The predicted octanol–water partition coefficient (Wildman–Crippen LogP) is 14.9. The average molecular weight is 1140 g/mol. The summed E-state index contributed by atoms with van der Waals surface area (Å²) in [6.45, 7) is 4.29. The average Bonchev–Trinajstić information content (AvgIpc) is 1.56. The summed E-state index contributed by atoms with van der Waals surface area (Å²) < 4.78 is 20.1. The summed E-state index contributed by atoms with van der Waals surface area (Å²) in [6, 6.07) is 120. The lowest BCUT2D eigenvalue weighted by molar-refractivity contribution is 0.628. The highest BCUT2D eigenvalue weighted by molar-refractivity contribution is 7.20. The molecule has 0 aliphatic carbocycles. The van der Waals surface area contributed by atoms with Gasteiger partial charge in [0.05, 0.1) is 22.1 Å². The van der Waals surface area contributed by atoms with E-state index in [2.05, 4.69) is 331 Å². The molecular weight excluding hydrogens is 1080 g/mol. The van der Waals surface area contributed by atoms with Crippen molar-refractivity contribution in [3.05, 3.63) is 345 Å². The molecule has 0 aliphatic rings. The quantitative estimate of drug-likeness (QED) is 0.0828. The van der Waals surface area contributed by atoms with Crippen LogP contribution in [0.15, 0.2) is 328 Å². The Hall–Kier alpha value is -10.4. The fourth-order valence-electron chi connectivity index (χ4n) is 13.9. The van der Waals surface area contributed by atoms with Crippen LogP contribution in [0.2, 0.25) is 0 Å². The molecular formula is C80H60FN3Si2. The van der Waals surface area contributed by atoms with E-state index in [1.807, 2.05) is 12.1 Å². The summed E-state index contributed by atoms with van der Waals surface area (Å²) in [5.41, 5.74) is 11.8. The molecule has 86 heavy (non-hydrogen) atoms. The molecule has 0 saturated carbocycles. The number of halogens is 1. The molecule has 3 nitrogen and oxygen atoms in total. The van der Waals surface area contributed by atoms with Gasteiger partial charge in [-0.3, -0.25) is 0 Å². The third-order valence-electron chi connectivity index (χ3n) is 17.8. The SMILES string of the molecule is Cc1ccc(-n2c3ccc(N(c4ccc(F)cc4)c4ccc5c(c4)c4cc([Si](c6ccccc6)(c6ccccc6)c6ccccc6)ccc4n5-c4ccc(C)cc4)cc3c3cc([Si](c4ccccc4)(c4ccccc4)c4ccccc4)ccc32)cc1. The number of aryl methyl sites for hydroxylation is 2. The fraction of sp³-hybridized carbons (Fsp3) is 0.0250. The van der Waals surface area contributed by atoms with E-state index in [0.717, 1.165) is 72.0 Å². The Kier molecular flexibility index (Phi) is 13.2. The van der Waals surface area contributed by atoms with Crippen molar-refractivity contribution in [2.75, 3.05) is 4.90 Å². The van der Waals surface area contributed by atoms with E-state index in [-0.39, 0.29) is 5.82 Å². The van der Waals surface area contributed by atoms with Crippen LogP contribution >= 0.6 is 0 Å². The van der Waals surface area contributed by atoms with Crippen molar-refractivity contribution in [2.24, 2.45) is 0 Å². The highest BCUT2D eigenvalue weighted by Gasteiger charge is 2.43. The van der Waals surface area contributed by atoms with Crippen LogP contribution in [0.5, 0.6) is 0 Å². The topological polar surface area (TPSA) is 13.1 Å². The van der Waals surface area contributed by atoms with Crippen molar-refractivity contribution >= 4 is 118 Å². The first kappa shape index (κ1) is 52.4. The van der Waals surface area contributed by atoms with Gasteiger partial charge in [-0.15, -0.1) is 0 Å². The maximum absolute atomic E-state index is 15.3. The summed E-state index contributed by atoms with van der Waals surface area (Å²) >= 11 is 0. The maximum atomic E-state index is 15.3.